The number of nitrogens with two attached hydrogens (primary N) is 2. The van der Waals surface area contributed by atoms with Crippen molar-refractivity contribution in [2.75, 3.05) is 18.5 Å². The molecule has 1 atom stereocenters. The van der Waals surface area contributed by atoms with Gasteiger partial charge < -0.3 is 31.6 Å². The van der Waals surface area contributed by atoms with Crippen molar-refractivity contribution in [3.63, 3.8) is 0 Å². The Morgan fingerprint density at radius 1 is 1.28 bits per heavy atom. The van der Waals surface area contributed by atoms with Crippen LogP contribution in [0.4, 0.5) is 19.0 Å². The first-order chi connectivity index (χ1) is 14.8. The number of ether oxygens (including phenoxy) is 1. The third kappa shape index (κ3) is 11.2. The SMILES string of the molecule is C=O.CC(/C=C(\N)C(=O)NC(C)c1cc(C)nc(NCC(C)C)c1)=C(/N)OCC(F)(F)F.[HH].[HH]. The molecule has 0 bridgehead atoms. The van der Waals surface area contributed by atoms with E-state index in [0.717, 1.165) is 17.8 Å². The highest BCUT2D eigenvalue weighted by Gasteiger charge is 2.28. The topological polar surface area (TPSA) is 132 Å². The first-order valence-electron chi connectivity index (χ1n) is 9.73. The van der Waals surface area contributed by atoms with Gasteiger partial charge in [0, 0.05) is 20.7 Å². The van der Waals surface area contributed by atoms with Crippen molar-refractivity contribution in [1.29, 1.82) is 0 Å². The zero-order chi connectivity index (χ0) is 25.1. The Balaban J connectivity index is -0.00000233. The Kier molecular flexibility index (Phi) is 11.9. The minimum Gasteiger partial charge on any atom is -0.470 e. The lowest BCUT2D eigenvalue weighted by molar-refractivity contribution is -0.165. The van der Waals surface area contributed by atoms with Gasteiger partial charge in [0.15, 0.2) is 12.5 Å². The third-order valence-corrected chi connectivity index (χ3v) is 3.93. The number of nitrogens with one attached hydrogen (secondary N) is 2. The second kappa shape index (κ2) is 13.2. The van der Waals surface area contributed by atoms with E-state index in [1.54, 1.807) is 6.92 Å². The summed E-state index contributed by atoms with van der Waals surface area (Å²) in [6, 6.07) is 3.31. The van der Waals surface area contributed by atoms with Gasteiger partial charge in [-0.05, 0) is 50.5 Å². The molecule has 0 radical (unpaired) electrons. The molecule has 1 heterocycles. The van der Waals surface area contributed by atoms with Crippen LogP contribution in [0.1, 0.15) is 47.8 Å². The zero-order valence-electron chi connectivity index (χ0n) is 19.0. The fraction of sp³-hybridized carbons (Fsp3) is 0.476. The molecule has 11 heteroatoms. The number of anilines is 1. The minimum atomic E-state index is -4.52. The first-order valence-corrected chi connectivity index (χ1v) is 9.73. The summed E-state index contributed by atoms with van der Waals surface area (Å²) in [5.41, 5.74) is 12.7. The van der Waals surface area contributed by atoms with Gasteiger partial charge in [0.05, 0.1) is 11.7 Å². The summed E-state index contributed by atoms with van der Waals surface area (Å²) < 4.78 is 41.1. The normalized spacial score (nSPS) is 13.5. The fourth-order valence-electron chi connectivity index (χ4n) is 2.35. The largest absolute Gasteiger partial charge is 0.470 e. The van der Waals surface area contributed by atoms with Gasteiger partial charge in [-0.15, -0.1) is 0 Å². The fourth-order valence-corrected chi connectivity index (χ4v) is 2.35. The van der Waals surface area contributed by atoms with Gasteiger partial charge in [-0.25, -0.2) is 4.98 Å². The average molecular weight is 464 g/mol. The maximum Gasteiger partial charge on any atom is 0.422 e. The van der Waals surface area contributed by atoms with Gasteiger partial charge in [-0.2, -0.15) is 13.2 Å². The van der Waals surface area contributed by atoms with Gasteiger partial charge >= 0.3 is 6.18 Å². The lowest BCUT2D eigenvalue weighted by Gasteiger charge is -2.17. The monoisotopic (exact) mass is 463 g/mol. The van der Waals surface area contributed by atoms with Gasteiger partial charge in [0.1, 0.15) is 12.6 Å². The molecule has 0 aliphatic carbocycles. The Morgan fingerprint density at radius 3 is 2.41 bits per heavy atom. The van der Waals surface area contributed by atoms with Crippen molar-refractivity contribution in [2.45, 2.75) is 46.8 Å². The summed E-state index contributed by atoms with van der Waals surface area (Å²) >= 11 is 0. The minimum absolute atomic E-state index is 0. The van der Waals surface area contributed by atoms with Crippen molar-refractivity contribution in [3.8, 4) is 0 Å². The van der Waals surface area contributed by atoms with Gasteiger partial charge in [-0.3, -0.25) is 4.79 Å². The number of aromatic nitrogens is 1. The van der Waals surface area contributed by atoms with E-state index in [2.05, 4.69) is 34.2 Å². The molecule has 0 saturated carbocycles. The highest BCUT2D eigenvalue weighted by atomic mass is 19.4. The number of amides is 1. The summed E-state index contributed by atoms with van der Waals surface area (Å²) in [6.45, 7) is 10.4. The van der Waals surface area contributed by atoms with Gasteiger partial charge in [0.2, 0.25) is 0 Å². The van der Waals surface area contributed by atoms with Crippen LogP contribution in [0.15, 0.2) is 35.4 Å². The molecule has 0 fully saturated rings. The van der Waals surface area contributed by atoms with E-state index in [1.165, 1.54) is 13.0 Å². The molecule has 0 saturated heterocycles. The number of hydrogen-bond acceptors (Lipinski definition) is 7. The number of alkyl halides is 3. The number of carbonyl (C=O) groups excluding carboxylic acids is 2. The smallest absolute Gasteiger partial charge is 0.422 e. The van der Waals surface area contributed by atoms with E-state index >= 15 is 0 Å². The maximum absolute atomic E-state index is 12.4. The molecular formula is C21H36F3N5O3. The average Bonchev–Trinajstić information content (AvgIpc) is 2.70. The van der Waals surface area contributed by atoms with Crippen molar-refractivity contribution >= 4 is 18.5 Å². The van der Waals surface area contributed by atoms with Crippen LogP contribution in [0.25, 0.3) is 0 Å². The van der Waals surface area contributed by atoms with Crippen LogP contribution in [-0.4, -0.2) is 37.0 Å². The third-order valence-electron chi connectivity index (χ3n) is 3.93. The summed E-state index contributed by atoms with van der Waals surface area (Å²) in [6.07, 6.45) is -3.35. The Hall–Kier alpha value is -3.24. The summed E-state index contributed by atoms with van der Waals surface area (Å²) in [7, 11) is 0. The van der Waals surface area contributed by atoms with Crippen molar-refractivity contribution in [1.82, 2.24) is 10.3 Å². The number of carbonyl (C=O) groups is 2. The molecule has 184 valence electrons. The molecule has 8 nitrogen and oxygen atoms in total. The molecule has 0 spiro atoms. The number of allylic oxidation sites excluding steroid dienone is 2. The van der Waals surface area contributed by atoms with Crippen molar-refractivity contribution < 1.29 is 30.4 Å². The standard InChI is InChI=1S/C20H30F3N5O2.CH2O.2H2/c1-11(2)9-26-17-8-15(7-13(4)27-17)14(5)28-19(29)16(24)6-12(3)18(25)30-10-20(21,22)23;1-2;;/h6-8,11,14H,9-10,24-25H2,1-5H3,(H,26,27)(H,28,29);1H2;2*1H/b16-6-,18-12+;;;. The van der Waals surface area contributed by atoms with Crippen LogP contribution in [0.5, 0.6) is 0 Å². The van der Waals surface area contributed by atoms with E-state index in [1.807, 2.05) is 25.8 Å². The van der Waals surface area contributed by atoms with Crippen LogP contribution in [0.3, 0.4) is 0 Å². The van der Waals surface area contributed by atoms with Crippen LogP contribution in [0, 0.1) is 12.8 Å². The zero-order valence-corrected chi connectivity index (χ0v) is 19.0. The van der Waals surface area contributed by atoms with Gasteiger partial charge in [-0.1, -0.05) is 13.8 Å². The molecule has 1 aromatic heterocycles. The van der Waals surface area contributed by atoms with E-state index in [0.29, 0.717) is 11.7 Å². The first kappa shape index (κ1) is 28.8. The second-order valence-corrected chi connectivity index (χ2v) is 7.45. The van der Waals surface area contributed by atoms with Crippen LogP contribution in [-0.2, 0) is 14.3 Å². The van der Waals surface area contributed by atoms with Crippen LogP contribution >= 0.6 is 0 Å². The summed E-state index contributed by atoms with van der Waals surface area (Å²) in [4.78, 5) is 24.8. The molecule has 1 rings (SSSR count). The number of hydrogen-bond donors (Lipinski definition) is 4. The Labute approximate surface area is 189 Å². The lowest BCUT2D eigenvalue weighted by atomic mass is 10.1. The van der Waals surface area contributed by atoms with E-state index in [-0.39, 0.29) is 20.2 Å². The number of halogens is 3. The molecule has 6 N–H and O–H groups in total. The van der Waals surface area contributed by atoms with E-state index < -0.39 is 24.6 Å². The highest BCUT2D eigenvalue weighted by Crippen LogP contribution is 2.19. The molecule has 1 unspecified atom stereocenters. The quantitative estimate of drug-likeness (QED) is 0.250. The van der Waals surface area contributed by atoms with Crippen LogP contribution < -0.4 is 22.1 Å². The molecule has 0 aromatic carbocycles. The molecule has 1 amide bonds. The van der Waals surface area contributed by atoms with Gasteiger partial charge in [0.25, 0.3) is 5.91 Å². The van der Waals surface area contributed by atoms with E-state index in [4.69, 9.17) is 16.3 Å². The van der Waals surface area contributed by atoms with Crippen molar-refractivity contribution in [2.24, 2.45) is 17.4 Å². The highest BCUT2D eigenvalue weighted by molar-refractivity contribution is 5.93. The number of nitrogens with zero attached hydrogens (tertiary/aromatic N) is 1. The molecule has 0 aliphatic rings. The molecule has 0 aliphatic heterocycles. The predicted molar refractivity (Wildman–Crippen MR) is 121 cm³/mol. The summed E-state index contributed by atoms with van der Waals surface area (Å²) in [5.74, 6) is 0.108. The maximum atomic E-state index is 12.4. The number of rotatable bonds is 9. The Bertz CT molecular complexity index is 834. The number of pyridine rings is 1. The lowest BCUT2D eigenvalue weighted by Crippen LogP contribution is -2.31. The van der Waals surface area contributed by atoms with E-state index in [9.17, 15) is 18.0 Å². The van der Waals surface area contributed by atoms with Crippen molar-refractivity contribution in [3.05, 3.63) is 46.6 Å². The number of aryl methyl sites for hydroxylation is 1. The summed E-state index contributed by atoms with van der Waals surface area (Å²) in [5, 5.41) is 5.99. The molecule has 1 aromatic rings. The van der Waals surface area contributed by atoms with Crippen LogP contribution in [0.2, 0.25) is 0 Å². The Morgan fingerprint density at radius 2 is 1.88 bits per heavy atom. The predicted octanol–water partition coefficient (Wildman–Crippen LogP) is 3.55. The molecular weight excluding hydrogens is 427 g/mol. The second-order valence-electron chi connectivity index (χ2n) is 7.45. The molecule has 32 heavy (non-hydrogen) atoms.